The number of hydrogen-bond donors (Lipinski definition) is 1. The minimum absolute atomic E-state index is 0.0863. The Morgan fingerprint density at radius 1 is 1.67 bits per heavy atom. The summed E-state index contributed by atoms with van der Waals surface area (Å²) < 4.78 is 19.3. The van der Waals surface area contributed by atoms with Crippen LogP contribution in [-0.4, -0.2) is 27.8 Å². The number of nitrogens with zero attached hydrogens (tertiary/aromatic N) is 2. The maximum Gasteiger partial charge on any atom is 0.339 e. The van der Waals surface area contributed by atoms with E-state index in [9.17, 15) is 9.18 Å². The lowest BCUT2D eigenvalue weighted by Crippen LogP contribution is -2.10. The molecule has 0 atom stereocenters. The van der Waals surface area contributed by atoms with E-state index >= 15 is 0 Å². The molecule has 78 valence electrons. The summed E-state index contributed by atoms with van der Waals surface area (Å²) in [5.41, 5.74) is 0.0863. The third-order valence-electron chi connectivity index (χ3n) is 1.91. The predicted molar refractivity (Wildman–Crippen MR) is 49.2 cm³/mol. The van der Waals surface area contributed by atoms with E-state index in [4.69, 9.17) is 0 Å². The maximum atomic E-state index is 13.4. The standard InChI is InChI=1S/C9H8FN3O2/c1-15-9(14)6-4-7(10)8(11-5-6)13-3-2-12-13/h2-5,12H,1H3. The number of ether oxygens (including phenoxy) is 1. The van der Waals surface area contributed by atoms with E-state index in [1.165, 1.54) is 18.0 Å². The topological polar surface area (TPSA) is 59.9 Å². The number of aromatic nitrogens is 3. The molecule has 0 saturated carbocycles. The van der Waals surface area contributed by atoms with Crippen LogP contribution in [-0.2, 0) is 4.74 Å². The fourth-order valence-corrected chi connectivity index (χ4v) is 1.12. The molecule has 6 heteroatoms. The molecule has 0 aliphatic carbocycles. The van der Waals surface area contributed by atoms with Crippen molar-refractivity contribution in [2.24, 2.45) is 0 Å². The van der Waals surface area contributed by atoms with Crippen molar-refractivity contribution in [1.29, 1.82) is 0 Å². The van der Waals surface area contributed by atoms with Crippen molar-refractivity contribution in [3.63, 3.8) is 0 Å². The van der Waals surface area contributed by atoms with Crippen LogP contribution < -0.4 is 0 Å². The number of carbonyl (C=O) groups is 1. The molecule has 2 aromatic heterocycles. The Balaban J connectivity index is 2.37. The molecule has 0 unspecified atom stereocenters. The van der Waals surface area contributed by atoms with Gasteiger partial charge in [-0.15, -0.1) is 0 Å². The minimum atomic E-state index is -0.611. The molecular formula is C9H8FN3O2. The highest BCUT2D eigenvalue weighted by Gasteiger charge is 2.12. The molecule has 2 rings (SSSR count). The van der Waals surface area contributed by atoms with Gasteiger partial charge in [0.1, 0.15) is 0 Å². The molecule has 0 fully saturated rings. The van der Waals surface area contributed by atoms with Crippen LogP contribution in [0, 0.1) is 5.82 Å². The average Bonchev–Trinajstić information content (AvgIpc) is 2.17. The molecule has 0 radical (unpaired) electrons. The molecule has 5 nitrogen and oxygen atoms in total. The highest BCUT2D eigenvalue weighted by molar-refractivity contribution is 5.89. The van der Waals surface area contributed by atoms with Crippen molar-refractivity contribution in [3.8, 4) is 5.82 Å². The van der Waals surface area contributed by atoms with Gasteiger partial charge in [0.25, 0.3) is 0 Å². The van der Waals surface area contributed by atoms with Gasteiger partial charge in [0.15, 0.2) is 11.6 Å². The Hall–Kier alpha value is -2.11. The van der Waals surface area contributed by atoms with E-state index in [0.29, 0.717) is 0 Å². The fourth-order valence-electron chi connectivity index (χ4n) is 1.12. The summed E-state index contributed by atoms with van der Waals surface area (Å²) in [6.45, 7) is 0. The lowest BCUT2D eigenvalue weighted by molar-refractivity contribution is 0.0599. The number of aromatic amines is 1. The Kier molecular flexibility index (Phi) is 2.24. The first-order valence-electron chi connectivity index (χ1n) is 4.18. The quantitative estimate of drug-likeness (QED) is 0.754. The van der Waals surface area contributed by atoms with Crippen LogP contribution in [0.25, 0.3) is 5.82 Å². The Morgan fingerprint density at radius 2 is 2.40 bits per heavy atom. The molecule has 2 heterocycles. The van der Waals surface area contributed by atoms with Crippen LogP contribution in [0.3, 0.4) is 0 Å². The van der Waals surface area contributed by atoms with Crippen molar-refractivity contribution in [1.82, 2.24) is 14.8 Å². The smallest absolute Gasteiger partial charge is 0.339 e. The molecule has 0 aliphatic heterocycles. The number of rotatable bonds is 2. The summed E-state index contributed by atoms with van der Waals surface area (Å²) in [6, 6.07) is 1.09. The molecule has 0 aromatic carbocycles. The van der Waals surface area contributed by atoms with Gasteiger partial charge in [-0.3, -0.25) is 5.10 Å². The summed E-state index contributed by atoms with van der Waals surface area (Å²) in [7, 11) is 1.23. The van der Waals surface area contributed by atoms with Crippen LogP contribution in [0.4, 0.5) is 4.39 Å². The first-order valence-corrected chi connectivity index (χ1v) is 4.18. The van der Waals surface area contributed by atoms with Gasteiger partial charge in [0.05, 0.1) is 12.7 Å². The number of hydrogen-bond acceptors (Lipinski definition) is 3. The minimum Gasteiger partial charge on any atom is -0.465 e. The largest absolute Gasteiger partial charge is 0.465 e. The van der Waals surface area contributed by atoms with Crippen LogP contribution in [0.15, 0.2) is 24.7 Å². The van der Waals surface area contributed by atoms with Gasteiger partial charge < -0.3 is 4.74 Å². The lowest BCUT2D eigenvalue weighted by atomic mass is 10.3. The zero-order chi connectivity index (χ0) is 10.8. The fraction of sp³-hybridized carbons (Fsp3) is 0.111. The van der Waals surface area contributed by atoms with E-state index < -0.39 is 11.8 Å². The molecule has 1 N–H and O–H groups in total. The second-order valence-electron chi connectivity index (χ2n) is 2.84. The average molecular weight is 209 g/mol. The maximum absolute atomic E-state index is 13.4. The molecule has 0 spiro atoms. The van der Waals surface area contributed by atoms with E-state index in [1.54, 1.807) is 12.4 Å². The monoisotopic (exact) mass is 209 g/mol. The summed E-state index contributed by atoms with van der Waals surface area (Å²) in [5, 5.41) is 2.70. The number of carbonyl (C=O) groups excluding carboxylic acids is 1. The van der Waals surface area contributed by atoms with Crippen molar-refractivity contribution in [2.45, 2.75) is 0 Å². The highest BCUT2D eigenvalue weighted by atomic mass is 19.1. The summed E-state index contributed by atoms with van der Waals surface area (Å²) >= 11 is 0. The zero-order valence-corrected chi connectivity index (χ0v) is 7.90. The number of halogens is 1. The number of methoxy groups -OCH3 is 1. The van der Waals surface area contributed by atoms with Crippen molar-refractivity contribution >= 4 is 5.97 Å². The second-order valence-corrected chi connectivity index (χ2v) is 2.84. The van der Waals surface area contributed by atoms with E-state index in [-0.39, 0.29) is 11.4 Å². The lowest BCUT2D eigenvalue weighted by Gasteiger charge is -2.09. The van der Waals surface area contributed by atoms with Crippen LogP contribution in [0.2, 0.25) is 0 Å². The van der Waals surface area contributed by atoms with Crippen molar-refractivity contribution in [2.75, 3.05) is 7.11 Å². The Labute approximate surface area is 84.5 Å². The number of H-pyrrole nitrogens is 1. The number of nitrogens with one attached hydrogen (secondary N) is 1. The van der Waals surface area contributed by atoms with Crippen LogP contribution in [0.1, 0.15) is 10.4 Å². The van der Waals surface area contributed by atoms with Crippen molar-refractivity contribution < 1.29 is 13.9 Å². The van der Waals surface area contributed by atoms with E-state index in [0.717, 1.165) is 6.07 Å². The van der Waals surface area contributed by atoms with Crippen molar-refractivity contribution in [3.05, 3.63) is 36.0 Å². The third-order valence-corrected chi connectivity index (χ3v) is 1.91. The van der Waals surface area contributed by atoms with Gasteiger partial charge in [-0.2, -0.15) is 0 Å². The zero-order valence-electron chi connectivity index (χ0n) is 7.90. The molecule has 0 amide bonds. The van der Waals surface area contributed by atoms with Gasteiger partial charge in [0, 0.05) is 18.6 Å². The second kappa shape index (κ2) is 3.56. The van der Waals surface area contributed by atoms with E-state index in [1.807, 2.05) is 0 Å². The summed E-state index contributed by atoms with van der Waals surface area (Å²) in [4.78, 5) is 14.9. The highest BCUT2D eigenvalue weighted by Crippen LogP contribution is 2.11. The third kappa shape index (κ3) is 1.61. The Bertz CT molecular complexity index is 480. The Morgan fingerprint density at radius 3 is 2.87 bits per heavy atom. The van der Waals surface area contributed by atoms with Gasteiger partial charge >= 0.3 is 5.97 Å². The first kappa shape index (κ1) is 9.45. The summed E-state index contributed by atoms with van der Waals surface area (Å²) in [6.07, 6.45) is 4.51. The normalized spacial score (nSPS) is 10.3. The molecular weight excluding hydrogens is 201 g/mol. The first-order chi connectivity index (χ1) is 7.22. The number of esters is 1. The predicted octanol–water partition coefficient (Wildman–Crippen LogP) is 1.13. The van der Waals surface area contributed by atoms with Gasteiger partial charge in [0.2, 0.25) is 0 Å². The molecule has 15 heavy (non-hydrogen) atoms. The molecule has 0 bridgehead atoms. The number of pyridine rings is 1. The van der Waals surface area contributed by atoms with Gasteiger partial charge in [-0.1, -0.05) is 0 Å². The van der Waals surface area contributed by atoms with Crippen LogP contribution >= 0.6 is 0 Å². The van der Waals surface area contributed by atoms with E-state index in [2.05, 4.69) is 14.8 Å². The van der Waals surface area contributed by atoms with Gasteiger partial charge in [-0.05, 0) is 6.07 Å². The molecule has 0 aliphatic rings. The SMILES string of the molecule is COC(=O)c1cnc(-n2cc[nH]2)c(F)c1. The van der Waals surface area contributed by atoms with Crippen LogP contribution in [0.5, 0.6) is 0 Å². The molecule has 2 aromatic rings. The molecule has 0 saturated heterocycles. The van der Waals surface area contributed by atoms with Gasteiger partial charge in [-0.25, -0.2) is 18.9 Å². The summed E-state index contributed by atoms with van der Waals surface area (Å²) in [5.74, 6) is -1.08.